The lowest BCUT2D eigenvalue weighted by Crippen LogP contribution is -2.32. The van der Waals surface area contributed by atoms with Crippen LogP contribution in [0.5, 0.6) is 11.5 Å². The van der Waals surface area contributed by atoms with Crippen LogP contribution in [0, 0.1) is 17.2 Å². The maximum atomic E-state index is 12.2. The van der Waals surface area contributed by atoms with Gasteiger partial charge in [0.2, 0.25) is 0 Å². The van der Waals surface area contributed by atoms with Crippen LogP contribution in [-0.2, 0) is 11.3 Å². The van der Waals surface area contributed by atoms with Crippen LogP contribution < -0.4 is 14.8 Å². The fraction of sp³-hybridized carbons (Fsp3) is 0.476. The number of carbonyl (C=O) groups is 1. The highest BCUT2D eigenvalue weighted by Crippen LogP contribution is 2.28. The molecule has 2 aromatic rings. The van der Waals surface area contributed by atoms with E-state index in [0.717, 1.165) is 31.2 Å². The highest BCUT2D eigenvalue weighted by atomic mass is 32.1. The molecule has 1 aliphatic heterocycles. The standard InChI is InChI=1S/C21H26N4O3S/c1-3-27-19-10-16(11-22)4-5-18(19)28-13-20(26)24-21-23-17(14-29-21)12-25-8-6-15(2)7-9-25/h4-5,10,14-15H,3,6-9,12-13H2,1-2H3,(H,23,24,26). The Bertz CT molecular complexity index is 869. The van der Waals surface area contributed by atoms with Gasteiger partial charge in [0, 0.05) is 18.0 Å². The van der Waals surface area contributed by atoms with E-state index in [2.05, 4.69) is 28.2 Å². The Morgan fingerprint density at radius 2 is 2.14 bits per heavy atom. The van der Waals surface area contributed by atoms with E-state index in [1.165, 1.54) is 24.2 Å². The Kier molecular flexibility index (Phi) is 7.44. The molecule has 0 saturated carbocycles. The van der Waals surface area contributed by atoms with E-state index in [0.29, 0.717) is 28.8 Å². The largest absolute Gasteiger partial charge is 0.490 e. The molecule has 0 bridgehead atoms. The SMILES string of the molecule is CCOc1cc(C#N)ccc1OCC(=O)Nc1nc(CN2CCC(C)CC2)cs1. The van der Waals surface area contributed by atoms with Crippen LogP contribution in [0.4, 0.5) is 5.13 Å². The number of likely N-dealkylation sites (tertiary alicyclic amines) is 1. The first kappa shape index (κ1) is 21.1. The van der Waals surface area contributed by atoms with Crippen LogP contribution in [0.1, 0.15) is 37.9 Å². The predicted octanol–water partition coefficient (Wildman–Crippen LogP) is 3.66. The molecular formula is C21H26N4O3S. The zero-order chi connectivity index (χ0) is 20.6. The third kappa shape index (κ3) is 6.17. The number of thiazole rings is 1. The number of hydrogen-bond acceptors (Lipinski definition) is 7. The number of amides is 1. The molecule has 0 atom stereocenters. The summed E-state index contributed by atoms with van der Waals surface area (Å²) in [6.45, 7) is 7.44. The highest BCUT2D eigenvalue weighted by molar-refractivity contribution is 7.13. The quantitative estimate of drug-likeness (QED) is 0.709. The zero-order valence-electron chi connectivity index (χ0n) is 16.8. The number of anilines is 1. The van der Waals surface area contributed by atoms with Gasteiger partial charge in [-0.25, -0.2) is 4.98 Å². The third-order valence-corrected chi connectivity index (χ3v) is 5.60. The van der Waals surface area contributed by atoms with Crippen LogP contribution >= 0.6 is 11.3 Å². The molecule has 1 N–H and O–H groups in total. The molecule has 7 nitrogen and oxygen atoms in total. The average molecular weight is 415 g/mol. The Labute approximate surface area is 175 Å². The van der Waals surface area contributed by atoms with Gasteiger partial charge in [0.15, 0.2) is 23.2 Å². The molecule has 1 aromatic carbocycles. The van der Waals surface area contributed by atoms with Crippen LogP contribution in [0.15, 0.2) is 23.6 Å². The number of nitrogens with zero attached hydrogens (tertiary/aromatic N) is 3. The van der Waals surface area contributed by atoms with Crippen molar-refractivity contribution < 1.29 is 14.3 Å². The Balaban J connectivity index is 1.50. The smallest absolute Gasteiger partial charge is 0.264 e. The summed E-state index contributed by atoms with van der Waals surface area (Å²) in [7, 11) is 0. The molecule has 0 aliphatic carbocycles. The summed E-state index contributed by atoms with van der Waals surface area (Å²) in [4.78, 5) is 19.2. The van der Waals surface area contributed by atoms with Crippen molar-refractivity contribution in [2.24, 2.45) is 5.92 Å². The minimum atomic E-state index is -0.287. The minimum Gasteiger partial charge on any atom is -0.490 e. The van der Waals surface area contributed by atoms with E-state index in [1.807, 2.05) is 12.3 Å². The van der Waals surface area contributed by atoms with Gasteiger partial charge in [0.25, 0.3) is 5.91 Å². The lowest BCUT2D eigenvalue weighted by Gasteiger charge is -2.29. The van der Waals surface area contributed by atoms with Crippen LogP contribution in [0.2, 0.25) is 0 Å². The van der Waals surface area contributed by atoms with Crippen molar-refractivity contribution in [1.82, 2.24) is 9.88 Å². The number of rotatable bonds is 8. The van der Waals surface area contributed by atoms with Crippen molar-refractivity contribution in [2.75, 3.05) is 31.6 Å². The van der Waals surface area contributed by atoms with E-state index >= 15 is 0 Å². The molecule has 154 valence electrons. The van der Waals surface area contributed by atoms with Crippen molar-refractivity contribution in [3.63, 3.8) is 0 Å². The Morgan fingerprint density at radius 1 is 1.34 bits per heavy atom. The first-order valence-corrected chi connectivity index (χ1v) is 10.7. The molecule has 1 aromatic heterocycles. The van der Waals surface area contributed by atoms with E-state index < -0.39 is 0 Å². The number of nitrogens with one attached hydrogen (secondary N) is 1. The molecular weight excluding hydrogens is 388 g/mol. The molecule has 0 unspecified atom stereocenters. The molecule has 0 spiro atoms. The van der Waals surface area contributed by atoms with E-state index in [9.17, 15) is 4.79 Å². The van der Waals surface area contributed by atoms with Gasteiger partial charge in [-0.15, -0.1) is 11.3 Å². The van der Waals surface area contributed by atoms with E-state index in [-0.39, 0.29) is 12.5 Å². The van der Waals surface area contributed by atoms with Crippen molar-refractivity contribution in [2.45, 2.75) is 33.2 Å². The number of nitriles is 1. The maximum Gasteiger partial charge on any atom is 0.264 e. The van der Waals surface area contributed by atoms with Crippen LogP contribution in [0.25, 0.3) is 0 Å². The Morgan fingerprint density at radius 3 is 2.86 bits per heavy atom. The fourth-order valence-electron chi connectivity index (χ4n) is 3.15. The number of piperidine rings is 1. The monoisotopic (exact) mass is 414 g/mol. The topological polar surface area (TPSA) is 87.5 Å². The van der Waals surface area contributed by atoms with Gasteiger partial charge in [-0.1, -0.05) is 6.92 Å². The van der Waals surface area contributed by atoms with Crippen molar-refractivity contribution >= 4 is 22.4 Å². The second-order valence-corrected chi connectivity index (χ2v) is 8.00. The molecule has 8 heteroatoms. The fourth-order valence-corrected chi connectivity index (χ4v) is 3.87. The van der Waals surface area contributed by atoms with Gasteiger partial charge in [0.1, 0.15) is 0 Å². The van der Waals surface area contributed by atoms with Crippen molar-refractivity contribution in [3.8, 4) is 17.6 Å². The number of hydrogen-bond donors (Lipinski definition) is 1. The maximum absolute atomic E-state index is 12.2. The minimum absolute atomic E-state index is 0.162. The van der Waals surface area contributed by atoms with Gasteiger partial charge in [-0.05, 0) is 50.9 Å². The number of benzene rings is 1. The summed E-state index contributed by atoms with van der Waals surface area (Å²) in [6.07, 6.45) is 2.45. The summed E-state index contributed by atoms with van der Waals surface area (Å²) >= 11 is 1.42. The number of ether oxygens (including phenoxy) is 2. The van der Waals surface area contributed by atoms with Gasteiger partial charge >= 0.3 is 0 Å². The lowest BCUT2D eigenvalue weighted by molar-refractivity contribution is -0.118. The van der Waals surface area contributed by atoms with Gasteiger partial charge in [-0.3, -0.25) is 15.0 Å². The molecule has 29 heavy (non-hydrogen) atoms. The number of carbonyl (C=O) groups excluding carboxylic acids is 1. The molecule has 1 fully saturated rings. The predicted molar refractivity (Wildman–Crippen MR) is 112 cm³/mol. The Hall–Kier alpha value is -2.63. The summed E-state index contributed by atoms with van der Waals surface area (Å²) in [5.74, 6) is 1.40. The molecule has 0 radical (unpaired) electrons. The molecule has 1 saturated heterocycles. The summed E-state index contributed by atoms with van der Waals surface area (Å²) in [5, 5.41) is 14.3. The van der Waals surface area contributed by atoms with Crippen molar-refractivity contribution in [1.29, 1.82) is 5.26 Å². The van der Waals surface area contributed by atoms with E-state index in [1.54, 1.807) is 18.2 Å². The van der Waals surface area contributed by atoms with Gasteiger partial charge < -0.3 is 9.47 Å². The van der Waals surface area contributed by atoms with Crippen molar-refractivity contribution in [3.05, 3.63) is 34.8 Å². The summed E-state index contributed by atoms with van der Waals surface area (Å²) in [5.41, 5.74) is 1.45. The highest BCUT2D eigenvalue weighted by Gasteiger charge is 2.17. The average Bonchev–Trinajstić information content (AvgIpc) is 3.15. The lowest BCUT2D eigenvalue weighted by atomic mass is 9.99. The van der Waals surface area contributed by atoms with Crippen LogP contribution in [-0.4, -0.2) is 42.1 Å². The van der Waals surface area contributed by atoms with E-state index in [4.69, 9.17) is 14.7 Å². The molecule has 2 heterocycles. The molecule has 3 rings (SSSR count). The summed E-state index contributed by atoms with van der Waals surface area (Å²) in [6, 6.07) is 6.93. The zero-order valence-corrected chi connectivity index (χ0v) is 17.6. The van der Waals surface area contributed by atoms with Gasteiger partial charge in [-0.2, -0.15) is 5.26 Å². The molecule has 1 amide bonds. The van der Waals surface area contributed by atoms with Gasteiger partial charge in [0.05, 0.1) is 23.9 Å². The second kappa shape index (κ2) is 10.2. The first-order valence-electron chi connectivity index (χ1n) is 9.83. The third-order valence-electron chi connectivity index (χ3n) is 4.79. The first-order chi connectivity index (χ1) is 14.1. The van der Waals surface area contributed by atoms with Crippen LogP contribution in [0.3, 0.4) is 0 Å². The summed E-state index contributed by atoms with van der Waals surface area (Å²) < 4.78 is 11.1. The normalized spacial score (nSPS) is 14.9. The second-order valence-electron chi connectivity index (χ2n) is 7.15. The molecule has 1 aliphatic rings. The number of aromatic nitrogens is 1.